The van der Waals surface area contributed by atoms with Crippen molar-refractivity contribution in [2.75, 3.05) is 6.54 Å². The summed E-state index contributed by atoms with van der Waals surface area (Å²) in [6.07, 6.45) is 2.07. The lowest BCUT2D eigenvalue weighted by molar-refractivity contribution is -0.151. The van der Waals surface area contributed by atoms with Crippen LogP contribution in [-0.2, 0) is 23.1 Å². The molecule has 1 aromatic heterocycles. The van der Waals surface area contributed by atoms with Gasteiger partial charge >= 0.3 is 5.97 Å². The molecule has 0 radical (unpaired) electrons. The largest absolute Gasteiger partial charge is 0.480 e. The summed E-state index contributed by atoms with van der Waals surface area (Å²) in [7, 11) is 1.55. The number of carboxylic acid groups (broad SMARTS) is 1. The minimum atomic E-state index is -0.971. The quantitative estimate of drug-likeness (QED) is 0.905. The van der Waals surface area contributed by atoms with Crippen molar-refractivity contribution in [1.82, 2.24) is 14.7 Å². The monoisotopic (exact) mass is 329 g/mol. The minimum absolute atomic E-state index is 0.0155. The van der Waals surface area contributed by atoms with Gasteiger partial charge in [-0.15, -0.1) is 0 Å². The summed E-state index contributed by atoms with van der Waals surface area (Å²) in [4.78, 5) is 37.6. The molecule has 1 N–H and O–H groups in total. The fourth-order valence-electron chi connectivity index (χ4n) is 3.24. The number of aromatic nitrogens is 2. The molecule has 1 atom stereocenters. The molecule has 2 aromatic rings. The van der Waals surface area contributed by atoms with E-state index in [2.05, 4.69) is 5.10 Å². The fraction of sp³-hybridized carbons (Fsp3) is 0.412. The molecule has 24 heavy (non-hydrogen) atoms. The highest BCUT2D eigenvalue weighted by atomic mass is 16.4. The molecule has 0 aliphatic carbocycles. The number of benzene rings is 1. The predicted octanol–water partition coefficient (Wildman–Crippen LogP) is 0.942. The number of nitrogens with zero attached hydrogens (tertiary/aromatic N) is 3. The second-order valence-corrected chi connectivity index (χ2v) is 6.03. The van der Waals surface area contributed by atoms with Gasteiger partial charge in [-0.3, -0.25) is 9.59 Å². The topological polar surface area (TPSA) is 92.5 Å². The van der Waals surface area contributed by atoms with Crippen LogP contribution in [0.2, 0.25) is 0 Å². The Morgan fingerprint density at radius 2 is 1.96 bits per heavy atom. The SMILES string of the molecule is Cn1nc(CC(=O)N2CCCCC2C(=O)O)c2ccccc2c1=O. The molecule has 1 unspecified atom stereocenters. The maximum Gasteiger partial charge on any atom is 0.326 e. The van der Waals surface area contributed by atoms with Crippen LogP contribution in [0.5, 0.6) is 0 Å². The van der Waals surface area contributed by atoms with E-state index in [-0.39, 0.29) is 17.9 Å². The molecule has 1 aromatic carbocycles. The second-order valence-electron chi connectivity index (χ2n) is 6.03. The average molecular weight is 329 g/mol. The average Bonchev–Trinajstić information content (AvgIpc) is 2.59. The summed E-state index contributed by atoms with van der Waals surface area (Å²) >= 11 is 0. The number of hydrogen-bond donors (Lipinski definition) is 1. The van der Waals surface area contributed by atoms with E-state index in [4.69, 9.17) is 0 Å². The van der Waals surface area contributed by atoms with Crippen molar-refractivity contribution in [2.45, 2.75) is 31.7 Å². The highest BCUT2D eigenvalue weighted by Crippen LogP contribution is 2.20. The first-order valence-corrected chi connectivity index (χ1v) is 7.96. The van der Waals surface area contributed by atoms with Crippen molar-refractivity contribution in [3.05, 3.63) is 40.3 Å². The van der Waals surface area contributed by atoms with E-state index in [1.165, 1.54) is 9.58 Å². The summed E-state index contributed by atoms with van der Waals surface area (Å²) < 4.78 is 1.22. The molecule has 7 nitrogen and oxygen atoms in total. The van der Waals surface area contributed by atoms with Crippen molar-refractivity contribution >= 4 is 22.6 Å². The van der Waals surface area contributed by atoms with Gasteiger partial charge in [0.15, 0.2) is 0 Å². The summed E-state index contributed by atoms with van der Waals surface area (Å²) in [6, 6.07) is 6.25. The van der Waals surface area contributed by atoms with Crippen molar-refractivity contribution in [2.24, 2.45) is 7.05 Å². The van der Waals surface area contributed by atoms with E-state index in [0.29, 0.717) is 29.4 Å². The lowest BCUT2D eigenvalue weighted by Crippen LogP contribution is -2.48. The van der Waals surface area contributed by atoms with Crippen LogP contribution in [0.3, 0.4) is 0 Å². The predicted molar refractivity (Wildman–Crippen MR) is 87.7 cm³/mol. The highest BCUT2D eigenvalue weighted by Gasteiger charge is 2.32. The van der Waals surface area contributed by atoms with Crippen molar-refractivity contribution in [3.63, 3.8) is 0 Å². The number of carbonyl (C=O) groups is 2. The van der Waals surface area contributed by atoms with Crippen LogP contribution in [0.1, 0.15) is 25.0 Å². The Hall–Kier alpha value is -2.70. The molecule has 1 aliphatic rings. The van der Waals surface area contributed by atoms with Gasteiger partial charge in [0.1, 0.15) is 6.04 Å². The second kappa shape index (κ2) is 6.43. The molecular formula is C17H19N3O4. The van der Waals surface area contributed by atoms with Gasteiger partial charge in [0.25, 0.3) is 5.56 Å². The van der Waals surface area contributed by atoms with E-state index >= 15 is 0 Å². The smallest absolute Gasteiger partial charge is 0.326 e. The lowest BCUT2D eigenvalue weighted by atomic mass is 10.0. The Bertz CT molecular complexity index is 859. The molecule has 1 saturated heterocycles. The first-order chi connectivity index (χ1) is 11.5. The number of hydrogen-bond acceptors (Lipinski definition) is 4. The molecule has 1 aliphatic heterocycles. The third-order valence-corrected chi connectivity index (χ3v) is 4.46. The fourth-order valence-corrected chi connectivity index (χ4v) is 3.24. The van der Waals surface area contributed by atoms with E-state index in [9.17, 15) is 19.5 Å². The number of carboxylic acids is 1. The number of carbonyl (C=O) groups excluding carboxylic acids is 1. The van der Waals surface area contributed by atoms with Crippen LogP contribution in [-0.4, -0.2) is 44.3 Å². The Labute approximate surface area is 138 Å². The van der Waals surface area contributed by atoms with Crippen molar-refractivity contribution < 1.29 is 14.7 Å². The Morgan fingerprint density at radius 1 is 1.25 bits per heavy atom. The molecule has 1 amide bonds. The minimum Gasteiger partial charge on any atom is -0.480 e. The molecule has 0 spiro atoms. The zero-order valence-corrected chi connectivity index (χ0v) is 13.4. The van der Waals surface area contributed by atoms with E-state index in [1.807, 2.05) is 0 Å². The maximum atomic E-state index is 12.7. The third kappa shape index (κ3) is 2.89. The standard InChI is InChI=1S/C17H19N3O4/c1-19-16(22)12-7-3-2-6-11(12)13(18-19)10-15(21)20-9-5-4-8-14(20)17(23)24/h2-3,6-7,14H,4-5,8-10H2,1H3,(H,23,24). The van der Waals surface area contributed by atoms with Gasteiger partial charge in [0, 0.05) is 19.0 Å². The van der Waals surface area contributed by atoms with Gasteiger partial charge in [-0.2, -0.15) is 5.10 Å². The molecule has 1 fully saturated rings. The van der Waals surface area contributed by atoms with E-state index in [0.717, 1.165) is 12.8 Å². The first kappa shape index (κ1) is 16.2. The molecule has 2 heterocycles. The summed E-state index contributed by atoms with van der Waals surface area (Å²) in [5.74, 6) is -1.24. The number of amides is 1. The van der Waals surface area contributed by atoms with Gasteiger partial charge < -0.3 is 10.0 Å². The third-order valence-electron chi connectivity index (χ3n) is 4.46. The van der Waals surface area contributed by atoms with Gasteiger partial charge in [-0.25, -0.2) is 9.48 Å². The molecule has 0 bridgehead atoms. The van der Waals surface area contributed by atoms with Crippen LogP contribution in [0, 0.1) is 0 Å². The molecule has 7 heteroatoms. The number of aryl methyl sites for hydroxylation is 1. The van der Waals surface area contributed by atoms with Gasteiger partial charge in [-0.1, -0.05) is 18.2 Å². The number of likely N-dealkylation sites (tertiary alicyclic amines) is 1. The van der Waals surface area contributed by atoms with Crippen LogP contribution in [0.25, 0.3) is 10.8 Å². The molecule has 126 valence electrons. The van der Waals surface area contributed by atoms with Gasteiger partial charge in [0.2, 0.25) is 5.91 Å². The Balaban J connectivity index is 1.95. The summed E-state index contributed by atoms with van der Waals surface area (Å²) in [5, 5.41) is 14.7. The zero-order chi connectivity index (χ0) is 17.3. The van der Waals surface area contributed by atoms with Crippen LogP contribution >= 0.6 is 0 Å². The normalized spacial score (nSPS) is 17.9. The van der Waals surface area contributed by atoms with Crippen LogP contribution < -0.4 is 5.56 Å². The molecular weight excluding hydrogens is 310 g/mol. The molecule has 0 saturated carbocycles. The van der Waals surface area contributed by atoms with Crippen LogP contribution in [0.4, 0.5) is 0 Å². The number of piperidine rings is 1. The van der Waals surface area contributed by atoms with Crippen molar-refractivity contribution in [1.29, 1.82) is 0 Å². The van der Waals surface area contributed by atoms with Crippen LogP contribution in [0.15, 0.2) is 29.1 Å². The van der Waals surface area contributed by atoms with E-state index in [1.54, 1.807) is 31.3 Å². The Morgan fingerprint density at radius 3 is 2.67 bits per heavy atom. The summed E-state index contributed by atoms with van der Waals surface area (Å²) in [5.41, 5.74) is 0.274. The maximum absolute atomic E-state index is 12.7. The van der Waals surface area contributed by atoms with Gasteiger partial charge in [0.05, 0.1) is 17.5 Å². The Kier molecular flexibility index (Phi) is 4.33. The number of fused-ring (bicyclic) bond motifs is 1. The molecule has 3 rings (SSSR count). The van der Waals surface area contributed by atoms with Crippen molar-refractivity contribution in [3.8, 4) is 0 Å². The zero-order valence-electron chi connectivity index (χ0n) is 13.4. The highest BCUT2D eigenvalue weighted by molar-refractivity contribution is 5.90. The summed E-state index contributed by atoms with van der Waals surface area (Å²) in [6.45, 7) is 0.444. The number of aliphatic carboxylic acids is 1. The first-order valence-electron chi connectivity index (χ1n) is 7.96. The van der Waals surface area contributed by atoms with E-state index < -0.39 is 12.0 Å². The lowest BCUT2D eigenvalue weighted by Gasteiger charge is -2.33. The number of rotatable bonds is 3. The van der Waals surface area contributed by atoms with Gasteiger partial charge in [-0.05, 0) is 25.3 Å².